The van der Waals surface area contributed by atoms with Gasteiger partial charge in [-0.3, -0.25) is 9.54 Å². The quantitative estimate of drug-likeness (QED) is 0.357. The first-order valence-electron chi connectivity index (χ1n) is 11.5. The third-order valence-corrected chi connectivity index (χ3v) is 7.62. The van der Waals surface area contributed by atoms with E-state index in [0.29, 0.717) is 13.0 Å². The van der Waals surface area contributed by atoms with Crippen molar-refractivity contribution in [1.82, 2.24) is 4.98 Å². The Balaban J connectivity index is 1.56. The molecule has 1 aliphatic heterocycles. The van der Waals surface area contributed by atoms with Crippen LogP contribution < -0.4 is 4.90 Å². The Morgan fingerprint density at radius 1 is 1.03 bits per heavy atom. The normalized spacial score (nSPS) is 17.6. The number of nitrogens with zero attached hydrogens (tertiary/aromatic N) is 2. The summed E-state index contributed by atoms with van der Waals surface area (Å²) in [5.41, 5.74) is 4.16. The van der Waals surface area contributed by atoms with Crippen LogP contribution in [0.15, 0.2) is 79.0 Å². The van der Waals surface area contributed by atoms with Crippen LogP contribution in [-0.4, -0.2) is 36.3 Å². The number of para-hydroxylation sites is 1. The van der Waals surface area contributed by atoms with E-state index >= 15 is 0 Å². The molecule has 1 N–H and O–H groups in total. The smallest absolute Gasteiger partial charge is 0.264 e. The second kappa shape index (κ2) is 8.53. The highest BCUT2D eigenvalue weighted by Gasteiger charge is 2.44. The molecule has 1 aliphatic rings. The summed E-state index contributed by atoms with van der Waals surface area (Å²) in [4.78, 5) is 6.86. The highest BCUT2D eigenvalue weighted by Crippen LogP contribution is 2.49. The predicted octanol–water partition coefficient (Wildman–Crippen LogP) is 5.85. The lowest BCUT2D eigenvalue weighted by Crippen LogP contribution is -2.40. The number of fused-ring (bicyclic) bond motifs is 4. The molecule has 0 spiro atoms. The van der Waals surface area contributed by atoms with Gasteiger partial charge < -0.3 is 4.90 Å². The van der Waals surface area contributed by atoms with E-state index in [4.69, 9.17) is 0 Å². The van der Waals surface area contributed by atoms with Crippen LogP contribution in [0.3, 0.4) is 0 Å². The minimum Gasteiger partial charge on any atom is -0.364 e. The summed E-state index contributed by atoms with van der Waals surface area (Å²) in [5.74, 6) is -0.252. The van der Waals surface area contributed by atoms with Gasteiger partial charge >= 0.3 is 0 Å². The number of hydrogen-bond donors (Lipinski definition) is 1. The van der Waals surface area contributed by atoms with E-state index in [1.54, 1.807) is 0 Å². The maximum absolute atomic E-state index is 11.4. The lowest BCUT2D eigenvalue weighted by atomic mass is 9.78. The van der Waals surface area contributed by atoms with Crippen molar-refractivity contribution in [2.45, 2.75) is 31.7 Å². The molecule has 1 aromatic heterocycles. The molecular formula is C28H28N2O3S. The molecule has 0 saturated heterocycles. The average Bonchev–Trinajstić information content (AvgIpc) is 3.03. The molecule has 0 fully saturated rings. The van der Waals surface area contributed by atoms with Crippen LogP contribution >= 0.6 is 0 Å². The summed E-state index contributed by atoms with van der Waals surface area (Å²) in [7, 11) is -4.00. The number of hydrogen-bond acceptors (Lipinski definition) is 4. The van der Waals surface area contributed by atoms with E-state index in [0.717, 1.165) is 22.2 Å². The summed E-state index contributed by atoms with van der Waals surface area (Å²) < 4.78 is 32.0. The largest absolute Gasteiger partial charge is 0.364 e. The SMILES string of the molecule is CC1(C)c2c(ccc3ccccc23)N(CCCS(=O)(=O)O)C1C=Cc1cnc2ccccc2c1. The molecule has 0 aliphatic carbocycles. The Labute approximate surface area is 200 Å². The van der Waals surface area contributed by atoms with Crippen LogP contribution in [0.5, 0.6) is 0 Å². The number of pyridine rings is 1. The highest BCUT2D eigenvalue weighted by molar-refractivity contribution is 7.85. The van der Waals surface area contributed by atoms with Crippen molar-refractivity contribution in [3.8, 4) is 0 Å². The lowest BCUT2D eigenvalue weighted by Gasteiger charge is -2.32. The van der Waals surface area contributed by atoms with Gasteiger partial charge in [-0.25, -0.2) is 0 Å². The standard InChI is InChI=1S/C28H28N2O3S/c1-28(2)26(15-12-20-18-22-9-4-6-11-24(22)29-19-20)30(16-7-17-34(31,32)33)25-14-13-21-8-3-5-10-23(21)27(25)28/h3-6,8-15,18-19,26H,7,16-17H2,1-2H3,(H,31,32,33). The first-order valence-corrected chi connectivity index (χ1v) is 13.1. The first kappa shape index (κ1) is 22.6. The molecule has 5 nitrogen and oxygen atoms in total. The Bertz CT molecular complexity index is 1510. The van der Waals surface area contributed by atoms with Gasteiger partial charge in [-0.1, -0.05) is 74.5 Å². The summed E-state index contributed by atoms with van der Waals surface area (Å²) >= 11 is 0. The second-order valence-corrected chi connectivity index (χ2v) is 11.1. The minimum absolute atomic E-state index is 0.0150. The van der Waals surface area contributed by atoms with Gasteiger partial charge in [0, 0.05) is 29.2 Å². The highest BCUT2D eigenvalue weighted by atomic mass is 32.2. The van der Waals surface area contributed by atoms with Crippen LogP contribution in [0, 0.1) is 0 Å². The number of aromatic nitrogens is 1. The molecule has 0 radical (unpaired) electrons. The monoisotopic (exact) mass is 472 g/mol. The van der Waals surface area contributed by atoms with Crippen LogP contribution in [0.2, 0.25) is 0 Å². The van der Waals surface area contributed by atoms with Crippen molar-refractivity contribution in [3.63, 3.8) is 0 Å². The van der Waals surface area contributed by atoms with Gasteiger partial charge in [0.25, 0.3) is 10.1 Å². The molecule has 2 heterocycles. The van der Waals surface area contributed by atoms with Crippen molar-refractivity contribution in [2.75, 3.05) is 17.2 Å². The van der Waals surface area contributed by atoms with Gasteiger partial charge in [0.2, 0.25) is 0 Å². The van der Waals surface area contributed by atoms with Gasteiger partial charge in [0.05, 0.1) is 17.3 Å². The van der Waals surface area contributed by atoms with Gasteiger partial charge in [-0.05, 0) is 46.5 Å². The van der Waals surface area contributed by atoms with Crippen LogP contribution in [-0.2, 0) is 15.5 Å². The summed E-state index contributed by atoms with van der Waals surface area (Å²) in [6.45, 7) is 5.02. The third-order valence-electron chi connectivity index (χ3n) is 6.82. The topological polar surface area (TPSA) is 70.5 Å². The van der Waals surface area contributed by atoms with E-state index in [2.05, 4.69) is 78.3 Å². The molecule has 5 rings (SSSR count). The Hall–Kier alpha value is -3.22. The van der Waals surface area contributed by atoms with Crippen LogP contribution in [0.4, 0.5) is 5.69 Å². The summed E-state index contributed by atoms with van der Waals surface area (Å²) in [6.07, 6.45) is 6.54. The summed E-state index contributed by atoms with van der Waals surface area (Å²) in [6, 6.07) is 22.9. The van der Waals surface area contributed by atoms with Gasteiger partial charge in [-0.2, -0.15) is 8.42 Å². The van der Waals surface area contributed by atoms with E-state index in [9.17, 15) is 13.0 Å². The zero-order valence-corrected chi connectivity index (χ0v) is 20.2. The number of rotatable bonds is 6. The predicted molar refractivity (Wildman–Crippen MR) is 140 cm³/mol. The fourth-order valence-corrected chi connectivity index (χ4v) is 5.76. The third kappa shape index (κ3) is 4.19. The molecule has 34 heavy (non-hydrogen) atoms. The first-order chi connectivity index (χ1) is 16.2. The van der Waals surface area contributed by atoms with Crippen molar-refractivity contribution in [3.05, 3.63) is 90.1 Å². The fraction of sp³-hybridized carbons (Fsp3) is 0.250. The average molecular weight is 473 g/mol. The zero-order valence-electron chi connectivity index (χ0n) is 19.3. The molecule has 6 heteroatoms. The van der Waals surface area contributed by atoms with E-state index in [-0.39, 0.29) is 17.2 Å². The molecule has 1 atom stereocenters. The second-order valence-electron chi connectivity index (χ2n) is 9.50. The molecule has 174 valence electrons. The fourth-order valence-electron chi connectivity index (χ4n) is 5.27. The molecule has 4 aromatic rings. The van der Waals surface area contributed by atoms with E-state index in [1.165, 1.54) is 16.3 Å². The van der Waals surface area contributed by atoms with Crippen LogP contribution in [0.1, 0.15) is 31.4 Å². The maximum Gasteiger partial charge on any atom is 0.264 e. The van der Waals surface area contributed by atoms with E-state index in [1.807, 2.05) is 30.5 Å². The Morgan fingerprint density at radius 2 is 1.76 bits per heavy atom. The minimum atomic E-state index is -4.00. The number of benzene rings is 3. The van der Waals surface area contributed by atoms with Crippen molar-refractivity contribution in [2.24, 2.45) is 0 Å². The lowest BCUT2D eigenvalue weighted by molar-refractivity contribution is 0.469. The van der Waals surface area contributed by atoms with Gasteiger partial charge in [-0.15, -0.1) is 0 Å². The van der Waals surface area contributed by atoms with Crippen molar-refractivity contribution in [1.29, 1.82) is 0 Å². The molecule has 0 bridgehead atoms. The molecule has 0 amide bonds. The molecule has 3 aromatic carbocycles. The molecular weight excluding hydrogens is 444 g/mol. The summed E-state index contributed by atoms with van der Waals surface area (Å²) in [5, 5.41) is 3.50. The molecule has 1 unspecified atom stereocenters. The van der Waals surface area contributed by atoms with E-state index < -0.39 is 10.1 Å². The van der Waals surface area contributed by atoms with Crippen molar-refractivity contribution >= 4 is 43.6 Å². The zero-order chi connectivity index (χ0) is 23.9. The molecule has 0 saturated carbocycles. The maximum atomic E-state index is 11.4. The van der Waals surface area contributed by atoms with Gasteiger partial charge in [0.1, 0.15) is 0 Å². The van der Waals surface area contributed by atoms with Crippen LogP contribution in [0.25, 0.3) is 27.8 Å². The van der Waals surface area contributed by atoms with Crippen molar-refractivity contribution < 1.29 is 13.0 Å². The number of anilines is 1. The Kier molecular flexibility index (Phi) is 5.66. The van der Waals surface area contributed by atoms with Gasteiger partial charge in [0.15, 0.2) is 0 Å². The Morgan fingerprint density at radius 3 is 2.56 bits per heavy atom.